The monoisotopic (exact) mass is 264 g/mol. The van der Waals surface area contributed by atoms with Crippen molar-refractivity contribution < 1.29 is 0 Å². The van der Waals surface area contributed by atoms with E-state index in [1.54, 1.807) is 0 Å². The Morgan fingerprint density at radius 2 is 1.84 bits per heavy atom. The van der Waals surface area contributed by atoms with Gasteiger partial charge >= 0.3 is 0 Å². The van der Waals surface area contributed by atoms with Crippen LogP contribution < -0.4 is 5.32 Å². The highest BCUT2D eigenvalue weighted by Gasteiger charge is 2.20. The van der Waals surface area contributed by atoms with E-state index in [-0.39, 0.29) is 0 Å². The minimum atomic E-state index is 0.351. The fourth-order valence-corrected chi connectivity index (χ4v) is 2.82. The molecule has 1 aromatic rings. The molecule has 0 aromatic carbocycles. The van der Waals surface area contributed by atoms with Gasteiger partial charge in [-0.15, -0.1) is 10.2 Å². The standard InChI is InChI=1S/C15H28N4/c1-3-4-5-6-7-8-9-10-14-17-18-15-13(2)16-11-12-19(14)15/h13,16H,3-12H2,1-2H3. The van der Waals surface area contributed by atoms with Gasteiger partial charge in [-0.05, 0) is 13.3 Å². The third kappa shape index (κ3) is 4.03. The van der Waals surface area contributed by atoms with Crippen molar-refractivity contribution in [2.75, 3.05) is 6.54 Å². The van der Waals surface area contributed by atoms with Crippen molar-refractivity contribution in [1.29, 1.82) is 0 Å². The smallest absolute Gasteiger partial charge is 0.149 e. The number of aromatic nitrogens is 3. The number of nitrogens with zero attached hydrogens (tertiary/aromatic N) is 3. The lowest BCUT2D eigenvalue weighted by molar-refractivity contribution is 0.427. The highest BCUT2D eigenvalue weighted by Crippen LogP contribution is 2.17. The van der Waals surface area contributed by atoms with Crippen LogP contribution in [0.3, 0.4) is 0 Å². The molecule has 0 bridgehead atoms. The summed E-state index contributed by atoms with van der Waals surface area (Å²) in [6, 6.07) is 0.351. The first-order chi connectivity index (χ1) is 9.33. The predicted octanol–water partition coefficient (Wildman–Crippen LogP) is 3.24. The van der Waals surface area contributed by atoms with Gasteiger partial charge in [0.25, 0.3) is 0 Å². The Morgan fingerprint density at radius 1 is 1.11 bits per heavy atom. The summed E-state index contributed by atoms with van der Waals surface area (Å²) < 4.78 is 2.32. The largest absolute Gasteiger partial charge is 0.312 e. The van der Waals surface area contributed by atoms with E-state index < -0.39 is 0 Å². The van der Waals surface area contributed by atoms with Crippen LogP contribution >= 0.6 is 0 Å². The summed E-state index contributed by atoms with van der Waals surface area (Å²) in [7, 11) is 0. The van der Waals surface area contributed by atoms with Crippen molar-refractivity contribution >= 4 is 0 Å². The molecule has 0 saturated heterocycles. The first-order valence-electron chi connectivity index (χ1n) is 7.98. The SMILES string of the molecule is CCCCCCCCCc1nnc2n1CCNC2C. The molecule has 2 heterocycles. The van der Waals surface area contributed by atoms with E-state index in [1.807, 2.05) is 0 Å². The molecule has 2 rings (SSSR count). The third-order valence-corrected chi connectivity index (χ3v) is 4.03. The van der Waals surface area contributed by atoms with Gasteiger partial charge in [-0.2, -0.15) is 0 Å². The highest BCUT2D eigenvalue weighted by atomic mass is 15.3. The molecule has 4 nitrogen and oxygen atoms in total. The molecule has 1 unspecified atom stereocenters. The van der Waals surface area contributed by atoms with Crippen LogP contribution in [0.2, 0.25) is 0 Å². The Labute approximate surface area is 117 Å². The van der Waals surface area contributed by atoms with Crippen molar-refractivity contribution in [2.24, 2.45) is 0 Å². The van der Waals surface area contributed by atoms with E-state index in [0.29, 0.717) is 6.04 Å². The van der Waals surface area contributed by atoms with Crippen molar-refractivity contribution in [1.82, 2.24) is 20.1 Å². The number of hydrogen-bond acceptors (Lipinski definition) is 3. The maximum absolute atomic E-state index is 4.37. The molecule has 0 spiro atoms. The van der Waals surface area contributed by atoms with Gasteiger partial charge in [0.15, 0.2) is 0 Å². The van der Waals surface area contributed by atoms with E-state index in [9.17, 15) is 0 Å². The van der Waals surface area contributed by atoms with E-state index in [0.717, 1.165) is 25.3 Å². The first-order valence-corrected chi connectivity index (χ1v) is 7.98. The molecule has 0 fully saturated rings. The van der Waals surface area contributed by atoms with Crippen LogP contribution in [0, 0.1) is 0 Å². The molecule has 0 aliphatic carbocycles. The predicted molar refractivity (Wildman–Crippen MR) is 78.1 cm³/mol. The van der Waals surface area contributed by atoms with Crippen LogP contribution in [0.15, 0.2) is 0 Å². The molecule has 0 amide bonds. The molecule has 0 saturated carbocycles. The normalized spacial score (nSPS) is 18.5. The quantitative estimate of drug-likeness (QED) is 0.733. The van der Waals surface area contributed by atoms with Gasteiger partial charge in [-0.3, -0.25) is 0 Å². The van der Waals surface area contributed by atoms with Gasteiger partial charge in [-0.1, -0.05) is 45.4 Å². The lowest BCUT2D eigenvalue weighted by atomic mass is 10.1. The van der Waals surface area contributed by atoms with Crippen LogP contribution in [0.25, 0.3) is 0 Å². The van der Waals surface area contributed by atoms with Crippen LogP contribution in [-0.2, 0) is 13.0 Å². The van der Waals surface area contributed by atoms with Gasteiger partial charge in [0, 0.05) is 19.5 Å². The van der Waals surface area contributed by atoms with Gasteiger partial charge in [-0.25, -0.2) is 0 Å². The molecule has 0 radical (unpaired) electrons. The molecule has 1 aromatic heterocycles. The van der Waals surface area contributed by atoms with Crippen LogP contribution in [0.1, 0.15) is 76.5 Å². The summed E-state index contributed by atoms with van der Waals surface area (Å²) in [4.78, 5) is 0. The summed E-state index contributed by atoms with van der Waals surface area (Å²) in [5, 5.41) is 12.1. The van der Waals surface area contributed by atoms with Gasteiger partial charge in [0.1, 0.15) is 11.6 Å². The zero-order valence-electron chi connectivity index (χ0n) is 12.5. The van der Waals surface area contributed by atoms with Crippen LogP contribution in [0.5, 0.6) is 0 Å². The summed E-state index contributed by atoms with van der Waals surface area (Å²) in [6.45, 7) is 6.50. The number of unbranched alkanes of at least 4 members (excludes halogenated alkanes) is 6. The van der Waals surface area contributed by atoms with Crippen molar-refractivity contribution in [3.63, 3.8) is 0 Å². The topological polar surface area (TPSA) is 42.7 Å². The number of nitrogens with one attached hydrogen (secondary N) is 1. The number of rotatable bonds is 8. The second-order valence-corrected chi connectivity index (χ2v) is 5.67. The second-order valence-electron chi connectivity index (χ2n) is 5.67. The lowest BCUT2D eigenvalue weighted by Gasteiger charge is -2.21. The maximum Gasteiger partial charge on any atom is 0.149 e. The van der Waals surface area contributed by atoms with Crippen LogP contribution in [-0.4, -0.2) is 21.3 Å². The van der Waals surface area contributed by atoms with Gasteiger partial charge in [0.05, 0.1) is 6.04 Å². The van der Waals surface area contributed by atoms with E-state index in [2.05, 4.69) is 33.9 Å². The van der Waals surface area contributed by atoms with E-state index in [4.69, 9.17) is 0 Å². The summed E-state index contributed by atoms with van der Waals surface area (Å²) in [6.07, 6.45) is 10.6. The molecule has 1 atom stereocenters. The van der Waals surface area contributed by atoms with E-state index in [1.165, 1.54) is 50.8 Å². The molecule has 1 aliphatic rings. The summed E-state index contributed by atoms with van der Waals surface area (Å²) in [5.74, 6) is 2.31. The summed E-state index contributed by atoms with van der Waals surface area (Å²) >= 11 is 0. The zero-order chi connectivity index (χ0) is 13.5. The average molecular weight is 264 g/mol. The van der Waals surface area contributed by atoms with Gasteiger partial charge in [0.2, 0.25) is 0 Å². The maximum atomic E-state index is 4.37. The molecule has 19 heavy (non-hydrogen) atoms. The van der Waals surface area contributed by atoms with Crippen molar-refractivity contribution in [2.45, 2.75) is 77.8 Å². The fraction of sp³-hybridized carbons (Fsp3) is 0.867. The third-order valence-electron chi connectivity index (χ3n) is 4.03. The number of hydrogen-bond donors (Lipinski definition) is 1. The fourth-order valence-electron chi connectivity index (χ4n) is 2.82. The lowest BCUT2D eigenvalue weighted by Crippen LogP contribution is -2.32. The molecular formula is C15H28N4. The second kappa shape index (κ2) is 7.63. The Balaban J connectivity index is 1.69. The zero-order valence-corrected chi connectivity index (χ0v) is 12.5. The van der Waals surface area contributed by atoms with Crippen molar-refractivity contribution in [3.05, 3.63) is 11.6 Å². The number of aryl methyl sites for hydroxylation is 1. The molecular weight excluding hydrogens is 236 g/mol. The van der Waals surface area contributed by atoms with E-state index >= 15 is 0 Å². The summed E-state index contributed by atoms with van der Waals surface area (Å²) in [5.41, 5.74) is 0. The first kappa shape index (κ1) is 14.5. The number of fused-ring (bicyclic) bond motifs is 1. The Morgan fingerprint density at radius 3 is 2.63 bits per heavy atom. The molecule has 108 valence electrons. The Hall–Kier alpha value is -0.900. The Kier molecular flexibility index (Phi) is 5.83. The highest BCUT2D eigenvalue weighted by molar-refractivity contribution is 5.03. The van der Waals surface area contributed by atoms with Crippen molar-refractivity contribution in [3.8, 4) is 0 Å². The van der Waals surface area contributed by atoms with Gasteiger partial charge < -0.3 is 9.88 Å². The molecule has 4 heteroatoms. The molecule has 1 aliphatic heterocycles. The average Bonchev–Trinajstić information content (AvgIpc) is 2.83. The minimum absolute atomic E-state index is 0.351. The minimum Gasteiger partial charge on any atom is -0.312 e. The Bertz CT molecular complexity index is 372. The van der Waals surface area contributed by atoms with Crippen LogP contribution in [0.4, 0.5) is 0 Å². The molecule has 1 N–H and O–H groups in total.